The van der Waals surface area contributed by atoms with E-state index in [2.05, 4.69) is 132 Å². The van der Waals surface area contributed by atoms with Crippen molar-refractivity contribution >= 4 is 44.3 Å². The van der Waals surface area contributed by atoms with E-state index in [4.69, 9.17) is 28.4 Å². The van der Waals surface area contributed by atoms with E-state index >= 15 is 0 Å². The summed E-state index contributed by atoms with van der Waals surface area (Å²) in [6.45, 7) is 25.7. The van der Waals surface area contributed by atoms with Crippen LogP contribution in [0.15, 0.2) is 119 Å². The van der Waals surface area contributed by atoms with Crippen LogP contribution in [0.2, 0.25) is 0 Å². The summed E-state index contributed by atoms with van der Waals surface area (Å²) in [6.07, 6.45) is 8.35. The summed E-state index contributed by atoms with van der Waals surface area (Å²) in [4.78, 5) is 28.9. The molecule has 5 aromatic rings. The molecule has 0 N–H and O–H groups in total. The number of allylic oxidation sites excluding steroid dienone is 8. The molecule has 0 aliphatic heterocycles. The zero-order chi connectivity index (χ0) is 49.7. The summed E-state index contributed by atoms with van der Waals surface area (Å²) < 4.78 is 35.6. The van der Waals surface area contributed by atoms with E-state index in [1.54, 1.807) is 28.4 Å². The lowest BCUT2D eigenvalue weighted by Crippen LogP contribution is -2.30. The number of methoxy groups -OCH3 is 4. The highest BCUT2D eigenvalue weighted by Crippen LogP contribution is 2.42. The molecule has 0 heterocycles. The van der Waals surface area contributed by atoms with Crippen LogP contribution in [0.4, 0.5) is 0 Å². The van der Waals surface area contributed by atoms with Crippen molar-refractivity contribution in [2.75, 3.05) is 28.4 Å². The van der Waals surface area contributed by atoms with Gasteiger partial charge in [-0.3, -0.25) is 9.59 Å². The number of ether oxygens (including phenoxy) is 6. The fourth-order valence-corrected chi connectivity index (χ4v) is 9.00. The molecular formula is C60H68O8. The van der Waals surface area contributed by atoms with Gasteiger partial charge in [0.05, 0.1) is 28.4 Å². The van der Waals surface area contributed by atoms with Crippen LogP contribution in [-0.2, 0) is 22.8 Å². The SMILES string of the molecule is COc1cc(COc2ccc3c(=C4C=C(C(C)(C)C)C(=O)C(C(C)(C)C)=C4)c4cc(OCc5cc(OC)cc(OC)c5)ccc4c(=C4C=C(C(C)(C)C)C(=O)C(C(C)(C)C)=C4)c3c2)cc(OC)c1. The Morgan fingerprint density at radius 3 is 0.882 bits per heavy atom. The third kappa shape index (κ3) is 10.2. The molecule has 8 nitrogen and oxygen atoms in total. The number of hydrogen-bond donors (Lipinski definition) is 0. The Bertz CT molecular complexity index is 2780. The minimum atomic E-state index is -0.443. The molecule has 0 saturated carbocycles. The molecule has 0 fully saturated rings. The molecule has 356 valence electrons. The number of carbonyl (C=O) groups is 2. The fourth-order valence-electron chi connectivity index (χ4n) is 9.00. The summed E-state index contributed by atoms with van der Waals surface area (Å²) in [7, 11) is 6.53. The van der Waals surface area contributed by atoms with Gasteiger partial charge in [0.1, 0.15) is 47.7 Å². The predicted octanol–water partition coefficient (Wildman–Crippen LogP) is 12.5. The standard InChI is InChI=1S/C60H68O8/c1-57(2,3)49-25-37(26-50(55(49)61)58(4,5)6)53-45-19-17-40(68-34-36-23-43(65-15)30-44(24-36)66-16)32-48(45)54(38-27-51(59(7,8)9)56(62)52(28-38)60(10,11)12)46-20-18-39(31-47(46)53)67-33-35-21-41(63-13)29-42(22-35)64-14/h17-32H,33-34H2,1-16H3. The van der Waals surface area contributed by atoms with Crippen LogP contribution in [-0.4, -0.2) is 40.0 Å². The third-order valence-corrected chi connectivity index (χ3v) is 12.7. The van der Waals surface area contributed by atoms with Crippen molar-refractivity contribution in [3.8, 4) is 34.5 Å². The Morgan fingerprint density at radius 2 is 0.632 bits per heavy atom. The Kier molecular flexibility index (Phi) is 13.4. The average molecular weight is 917 g/mol. The highest BCUT2D eigenvalue weighted by molar-refractivity contribution is 6.17. The molecule has 5 aromatic carbocycles. The topological polar surface area (TPSA) is 89.5 Å². The van der Waals surface area contributed by atoms with Crippen molar-refractivity contribution in [2.45, 2.75) is 96.3 Å². The first kappa shape index (κ1) is 49.4. The zero-order valence-corrected chi connectivity index (χ0v) is 42.9. The van der Waals surface area contributed by atoms with E-state index in [1.807, 2.05) is 48.5 Å². The summed E-state index contributed by atoms with van der Waals surface area (Å²) in [5.74, 6) is 4.13. The monoisotopic (exact) mass is 916 g/mol. The molecule has 8 heteroatoms. The second kappa shape index (κ2) is 18.5. The Labute approximate surface area is 402 Å². The third-order valence-electron chi connectivity index (χ3n) is 12.7. The minimum absolute atomic E-state index is 0.0590. The first-order chi connectivity index (χ1) is 31.8. The van der Waals surface area contributed by atoms with Gasteiger partial charge in [0, 0.05) is 34.4 Å². The van der Waals surface area contributed by atoms with Crippen molar-refractivity contribution < 1.29 is 38.0 Å². The maximum absolute atomic E-state index is 14.4. The highest BCUT2D eigenvalue weighted by atomic mass is 16.5. The lowest BCUT2D eigenvalue weighted by Gasteiger charge is -2.32. The molecule has 0 bridgehead atoms. The smallest absolute Gasteiger partial charge is 0.186 e. The summed E-state index contributed by atoms with van der Waals surface area (Å²) in [6, 6.07) is 23.9. The van der Waals surface area contributed by atoms with Gasteiger partial charge in [-0.15, -0.1) is 0 Å². The second-order valence-electron chi connectivity index (χ2n) is 22.0. The van der Waals surface area contributed by atoms with Gasteiger partial charge < -0.3 is 28.4 Å². The molecule has 7 rings (SSSR count). The first-order valence-electron chi connectivity index (χ1n) is 23.3. The summed E-state index contributed by atoms with van der Waals surface area (Å²) in [5.41, 5.74) is 4.83. The van der Waals surface area contributed by atoms with Crippen molar-refractivity contribution in [3.63, 3.8) is 0 Å². The maximum atomic E-state index is 14.4. The molecule has 2 aliphatic rings. The van der Waals surface area contributed by atoms with Crippen LogP contribution < -0.4 is 38.9 Å². The predicted molar refractivity (Wildman–Crippen MR) is 275 cm³/mol. The van der Waals surface area contributed by atoms with Crippen molar-refractivity contribution in [3.05, 3.63) is 141 Å². The molecule has 0 amide bonds. The fraction of sp³-hybridized carbons (Fsp3) is 0.367. The molecule has 0 spiro atoms. The molecule has 68 heavy (non-hydrogen) atoms. The van der Waals surface area contributed by atoms with E-state index in [1.165, 1.54) is 0 Å². The van der Waals surface area contributed by atoms with Gasteiger partial charge in [-0.05, 0) is 149 Å². The molecule has 0 saturated heterocycles. The number of hydrogen-bond acceptors (Lipinski definition) is 8. The average Bonchev–Trinajstić information content (AvgIpc) is 3.27. The Morgan fingerprint density at radius 1 is 0.353 bits per heavy atom. The first-order valence-corrected chi connectivity index (χ1v) is 23.3. The minimum Gasteiger partial charge on any atom is -0.497 e. The van der Waals surface area contributed by atoms with Crippen molar-refractivity contribution in [2.24, 2.45) is 21.7 Å². The van der Waals surface area contributed by atoms with Gasteiger partial charge >= 0.3 is 0 Å². The number of ketones is 2. The lowest BCUT2D eigenvalue weighted by atomic mass is 9.71. The van der Waals surface area contributed by atoms with Crippen LogP contribution in [0.3, 0.4) is 0 Å². The number of carbonyl (C=O) groups excluding carboxylic acids is 2. The van der Waals surface area contributed by atoms with E-state index < -0.39 is 21.7 Å². The molecule has 0 atom stereocenters. The van der Waals surface area contributed by atoms with Crippen molar-refractivity contribution in [1.82, 2.24) is 0 Å². The largest absolute Gasteiger partial charge is 0.497 e. The van der Waals surface area contributed by atoms with E-state index in [0.29, 0.717) is 34.5 Å². The van der Waals surface area contributed by atoms with Crippen LogP contribution >= 0.6 is 0 Å². The highest BCUT2D eigenvalue weighted by Gasteiger charge is 2.36. The number of benzene rings is 5. The summed E-state index contributed by atoms with van der Waals surface area (Å²) >= 11 is 0. The van der Waals surface area contributed by atoms with E-state index in [0.717, 1.165) is 76.5 Å². The maximum Gasteiger partial charge on any atom is 0.186 e. The molecule has 2 aliphatic carbocycles. The molecule has 0 radical (unpaired) electrons. The Hall–Kier alpha value is -6.54. The van der Waals surface area contributed by atoms with Crippen LogP contribution in [0, 0.1) is 21.7 Å². The number of rotatable bonds is 10. The molecule has 0 unspecified atom stereocenters. The van der Waals surface area contributed by atoms with Gasteiger partial charge in [0.15, 0.2) is 11.6 Å². The molecule has 0 aromatic heterocycles. The molecular weight excluding hydrogens is 849 g/mol. The lowest BCUT2D eigenvalue weighted by molar-refractivity contribution is -0.114. The van der Waals surface area contributed by atoms with Crippen molar-refractivity contribution in [1.29, 1.82) is 0 Å². The van der Waals surface area contributed by atoms with Crippen LogP contribution in [0.25, 0.3) is 32.7 Å². The summed E-state index contributed by atoms with van der Waals surface area (Å²) in [5, 5.41) is 5.70. The van der Waals surface area contributed by atoms with E-state index in [-0.39, 0.29) is 24.8 Å². The van der Waals surface area contributed by atoms with Gasteiger partial charge in [-0.1, -0.05) is 95.2 Å². The normalized spacial score (nSPS) is 14.9. The quantitative estimate of drug-likeness (QED) is 0.128. The van der Waals surface area contributed by atoms with Gasteiger partial charge in [0.2, 0.25) is 0 Å². The van der Waals surface area contributed by atoms with Crippen LogP contribution in [0.1, 0.15) is 94.2 Å². The number of fused-ring (bicyclic) bond motifs is 2. The number of Topliss-reactive ketones (excluding diaryl/α,β-unsaturated/α-hetero) is 2. The van der Waals surface area contributed by atoms with E-state index in [9.17, 15) is 9.59 Å². The van der Waals surface area contributed by atoms with Crippen LogP contribution in [0.5, 0.6) is 34.5 Å². The van der Waals surface area contributed by atoms with Gasteiger partial charge in [0.25, 0.3) is 0 Å². The van der Waals surface area contributed by atoms with Gasteiger partial charge in [-0.2, -0.15) is 0 Å². The zero-order valence-electron chi connectivity index (χ0n) is 42.9. The second-order valence-corrected chi connectivity index (χ2v) is 22.0. The Balaban J connectivity index is 1.65. The van der Waals surface area contributed by atoms with Gasteiger partial charge in [-0.25, -0.2) is 0 Å².